The summed E-state index contributed by atoms with van der Waals surface area (Å²) in [5, 5.41) is 2.98. The Morgan fingerprint density at radius 2 is 1.73 bits per heavy atom. The van der Waals surface area contributed by atoms with Crippen LogP contribution in [0, 0.1) is 0 Å². The van der Waals surface area contributed by atoms with Gasteiger partial charge in [0.05, 0.1) is 51.5 Å². The van der Waals surface area contributed by atoms with Crippen molar-refractivity contribution in [3.05, 3.63) is 42.0 Å². The van der Waals surface area contributed by atoms with Gasteiger partial charge < -0.3 is 19.5 Å². The number of anilines is 2. The molecule has 2 rings (SSSR count). The largest absolute Gasteiger partial charge is 0.481 e. The highest BCUT2D eigenvalue weighted by atomic mass is 16.6. The lowest BCUT2D eigenvalue weighted by Crippen LogP contribution is -2.15. The monoisotopic (exact) mass is 360 g/mol. The van der Waals surface area contributed by atoms with Crippen molar-refractivity contribution < 1.29 is 23.8 Å². The minimum atomic E-state index is -0.558. The molecule has 1 heterocycles. The van der Waals surface area contributed by atoms with E-state index in [1.54, 1.807) is 18.2 Å². The summed E-state index contributed by atoms with van der Waals surface area (Å²) in [7, 11) is 5.70. The Morgan fingerprint density at radius 1 is 1.08 bits per heavy atom. The summed E-state index contributed by atoms with van der Waals surface area (Å²) in [6, 6.07) is 6.67. The third-order valence-electron chi connectivity index (χ3n) is 3.35. The highest BCUT2D eigenvalue weighted by Gasteiger charge is 2.20. The number of nitrogens with zero attached hydrogens (tertiary/aromatic N) is 2. The summed E-state index contributed by atoms with van der Waals surface area (Å²) >= 11 is 0. The van der Waals surface area contributed by atoms with Crippen LogP contribution in [-0.2, 0) is 9.57 Å². The first kappa shape index (κ1) is 19.0. The lowest BCUT2D eigenvalue weighted by molar-refractivity contribution is 0.0601. The summed E-state index contributed by atoms with van der Waals surface area (Å²) in [5.74, 6) is 0.243. The molecule has 0 bridgehead atoms. The van der Waals surface area contributed by atoms with Gasteiger partial charge in [-0.25, -0.2) is 4.79 Å². The maximum Gasteiger partial charge on any atom is 0.340 e. The number of carbonyl (C=O) groups is 1. The van der Waals surface area contributed by atoms with Gasteiger partial charge in [-0.1, -0.05) is 18.7 Å². The number of esters is 1. The van der Waals surface area contributed by atoms with Gasteiger partial charge in [0.25, 0.3) is 0 Å². The smallest absolute Gasteiger partial charge is 0.340 e. The van der Waals surface area contributed by atoms with Crippen LogP contribution >= 0.6 is 0 Å². The quantitative estimate of drug-likeness (QED) is 0.541. The molecule has 9 heteroatoms. The van der Waals surface area contributed by atoms with Crippen molar-refractivity contribution in [1.82, 2.24) is 15.4 Å². The van der Waals surface area contributed by atoms with Gasteiger partial charge in [-0.2, -0.15) is 9.97 Å². The highest BCUT2D eigenvalue weighted by Crippen LogP contribution is 2.28. The molecule has 0 saturated heterocycles. The topological polar surface area (TPSA) is 104 Å². The van der Waals surface area contributed by atoms with Crippen molar-refractivity contribution in [1.29, 1.82) is 0 Å². The number of rotatable bonds is 8. The highest BCUT2D eigenvalue weighted by molar-refractivity contribution is 6.01. The molecule has 0 atom stereocenters. The second kappa shape index (κ2) is 8.67. The van der Waals surface area contributed by atoms with E-state index in [1.165, 1.54) is 34.5 Å². The van der Waals surface area contributed by atoms with Gasteiger partial charge in [-0.3, -0.25) is 10.3 Å². The van der Waals surface area contributed by atoms with Crippen LogP contribution in [0.2, 0.25) is 0 Å². The summed E-state index contributed by atoms with van der Waals surface area (Å²) in [4.78, 5) is 25.6. The lowest BCUT2D eigenvalue weighted by Gasteiger charge is -2.16. The Bertz CT molecular complexity index is 787. The predicted octanol–water partition coefficient (Wildman–Crippen LogP) is 2.15. The van der Waals surface area contributed by atoms with E-state index in [0.717, 1.165) is 0 Å². The average Bonchev–Trinajstić information content (AvgIpc) is 2.67. The molecule has 0 fully saturated rings. The molecule has 1 aromatic carbocycles. The van der Waals surface area contributed by atoms with Crippen molar-refractivity contribution in [3.8, 4) is 11.8 Å². The fourth-order valence-electron chi connectivity index (χ4n) is 2.20. The Labute approximate surface area is 150 Å². The molecule has 138 valence electrons. The van der Waals surface area contributed by atoms with E-state index in [1.807, 2.05) is 0 Å². The SMILES string of the molecule is C=C(NOC)c1cccc(Nc2nc(OC)cc(OC)n2)c1C(=O)OC. The molecule has 0 aliphatic carbocycles. The molecule has 26 heavy (non-hydrogen) atoms. The molecule has 0 unspecified atom stereocenters. The Balaban J connectivity index is 2.51. The van der Waals surface area contributed by atoms with E-state index >= 15 is 0 Å². The van der Waals surface area contributed by atoms with Crippen LogP contribution in [-0.4, -0.2) is 44.4 Å². The molecular formula is C17H20N4O5. The number of aromatic nitrogens is 2. The van der Waals surface area contributed by atoms with Crippen LogP contribution in [0.15, 0.2) is 30.8 Å². The molecule has 0 spiro atoms. The third kappa shape index (κ3) is 4.19. The molecule has 0 aliphatic heterocycles. The van der Waals surface area contributed by atoms with Crippen molar-refractivity contribution in [2.24, 2.45) is 0 Å². The Hall–Kier alpha value is -3.33. The first-order valence-electron chi connectivity index (χ1n) is 7.47. The van der Waals surface area contributed by atoms with Gasteiger partial charge in [0.2, 0.25) is 17.7 Å². The van der Waals surface area contributed by atoms with E-state index in [4.69, 9.17) is 19.0 Å². The van der Waals surface area contributed by atoms with Gasteiger partial charge in [0.15, 0.2) is 0 Å². The average molecular weight is 360 g/mol. The maximum atomic E-state index is 12.3. The van der Waals surface area contributed by atoms with Crippen LogP contribution in [0.4, 0.5) is 11.6 Å². The lowest BCUT2D eigenvalue weighted by atomic mass is 10.0. The molecule has 2 N–H and O–H groups in total. The molecule has 2 aromatic rings. The third-order valence-corrected chi connectivity index (χ3v) is 3.35. The zero-order valence-corrected chi connectivity index (χ0v) is 15.0. The van der Waals surface area contributed by atoms with Crippen LogP contribution < -0.4 is 20.3 Å². The maximum absolute atomic E-state index is 12.3. The molecule has 0 radical (unpaired) electrons. The Kier molecular flexibility index (Phi) is 6.34. The number of hydroxylamine groups is 1. The normalized spacial score (nSPS) is 10.0. The molecule has 0 saturated carbocycles. The fraction of sp³-hybridized carbons (Fsp3) is 0.235. The van der Waals surface area contributed by atoms with E-state index in [0.29, 0.717) is 28.7 Å². The van der Waals surface area contributed by atoms with Crippen LogP contribution in [0.25, 0.3) is 5.70 Å². The number of hydrogen-bond acceptors (Lipinski definition) is 9. The summed E-state index contributed by atoms with van der Waals surface area (Å²) < 4.78 is 15.1. The summed E-state index contributed by atoms with van der Waals surface area (Å²) in [6.45, 7) is 3.85. The molecule has 1 aromatic heterocycles. The fourth-order valence-corrected chi connectivity index (χ4v) is 2.20. The number of hydrogen-bond donors (Lipinski definition) is 2. The number of benzene rings is 1. The summed E-state index contributed by atoms with van der Waals surface area (Å²) in [5.41, 5.74) is 4.16. The number of ether oxygens (including phenoxy) is 3. The molecule has 0 aliphatic rings. The molecule has 0 amide bonds. The van der Waals surface area contributed by atoms with Gasteiger partial charge >= 0.3 is 5.97 Å². The first-order valence-corrected chi connectivity index (χ1v) is 7.47. The van der Waals surface area contributed by atoms with Crippen molar-refractivity contribution >= 4 is 23.3 Å². The van der Waals surface area contributed by atoms with Gasteiger partial charge in [-0.15, -0.1) is 0 Å². The van der Waals surface area contributed by atoms with Crippen molar-refractivity contribution in [2.45, 2.75) is 0 Å². The number of nitrogens with one attached hydrogen (secondary N) is 2. The van der Waals surface area contributed by atoms with E-state index < -0.39 is 5.97 Å². The van der Waals surface area contributed by atoms with Gasteiger partial charge in [0.1, 0.15) is 0 Å². The zero-order chi connectivity index (χ0) is 19.1. The van der Waals surface area contributed by atoms with E-state index in [-0.39, 0.29) is 11.5 Å². The minimum absolute atomic E-state index is 0.189. The molecule has 9 nitrogen and oxygen atoms in total. The predicted molar refractivity (Wildman–Crippen MR) is 95.4 cm³/mol. The van der Waals surface area contributed by atoms with E-state index in [2.05, 4.69) is 27.3 Å². The van der Waals surface area contributed by atoms with Crippen LogP contribution in [0.3, 0.4) is 0 Å². The van der Waals surface area contributed by atoms with E-state index in [9.17, 15) is 4.79 Å². The number of carbonyl (C=O) groups excluding carboxylic acids is 1. The van der Waals surface area contributed by atoms with Crippen LogP contribution in [0.5, 0.6) is 11.8 Å². The van der Waals surface area contributed by atoms with Gasteiger partial charge in [0, 0.05) is 5.56 Å². The zero-order valence-electron chi connectivity index (χ0n) is 15.0. The molecular weight excluding hydrogens is 340 g/mol. The van der Waals surface area contributed by atoms with Gasteiger partial charge in [-0.05, 0) is 6.07 Å². The summed E-state index contributed by atoms with van der Waals surface area (Å²) in [6.07, 6.45) is 0. The first-order chi connectivity index (χ1) is 12.5. The Morgan fingerprint density at radius 3 is 2.27 bits per heavy atom. The second-order valence-electron chi connectivity index (χ2n) is 4.91. The van der Waals surface area contributed by atoms with Crippen LogP contribution in [0.1, 0.15) is 15.9 Å². The van der Waals surface area contributed by atoms with Crippen molar-refractivity contribution in [2.75, 3.05) is 33.8 Å². The second-order valence-corrected chi connectivity index (χ2v) is 4.91. The standard InChI is InChI=1S/C17H20N4O5/c1-10(21-26-5)11-7-6-8-12(15(11)16(22)25-4)18-17-19-13(23-2)9-14(20-17)24-3/h6-9,21H,1H2,2-5H3,(H,18,19,20). The van der Waals surface area contributed by atoms with Crippen molar-refractivity contribution in [3.63, 3.8) is 0 Å². The minimum Gasteiger partial charge on any atom is -0.481 e. The number of methoxy groups -OCH3 is 3.